The van der Waals surface area contributed by atoms with Crippen molar-refractivity contribution in [2.75, 3.05) is 13.1 Å². The molecule has 0 atom stereocenters. The number of hydrogen-bond acceptors (Lipinski definition) is 2. The van der Waals surface area contributed by atoms with Crippen LogP contribution in [0.2, 0.25) is 5.02 Å². The number of nitrogens with zero attached hydrogens (tertiary/aromatic N) is 1. The second-order valence-electron chi connectivity index (χ2n) is 3.61. The summed E-state index contributed by atoms with van der Waals surface area (Å²) in [4.78, 5) is 24.1. The van der Waals surface area contributed by atoms with Crippen LogP contribution in [0.5, 0.6) is 0 Å². The van der Waals surface area contributed by atoms with E-state index in [0.717, 1.165) is 5.56 Å². The maximum atomic E-state index is 11.5. The van der Waals surface area contributed by atoms with E-state index in [4.69, 9.17) is 11.6 Å². The topological polar surface area (TPSA) is 49.4 Å². The molecule has 0 aromatic heterocycles. The summed E-state index contributed by atoms with van der Waals surface area (Å²) < 4.78 is 0. The van der Waals surface area contributed by atoms with Crippen LogP contribution in [-0.4, -0.2) is 29.8 Å². The molecule has 1 fully saturated rings. The maximum absolute atomic E-state index is 11.5. The van der Waals surface area contributed by atoms with Crippen LogP contribution in [0.1, 0.15) is 5.56 Å². The number of hydrogen-bond donors (Lipinski definition) is 1. The Kier molecular flexibility index (Phi) is 3.10. The summed E-state index contributed by atoms with van der Waals surface area (Å²) in [5.74, 6) is -0.999. The van der Waals surface area contributed by atoms with E-state index in [1.54, 1.807) is 12.1 Å². The maximum Gasteiger partial charge on any atom is 0.312 e. The Bertz CT molecular complexity index is 416. The molecule has 0 bridgehead atoms. The molecule has 1 aliphatic rings. The number of carbonyl (C=O) groups is 2. The number of halogens is 1. The Morgan fingerprint density at radius 2 is 1.94 bits per heavy atom. The number of piperazine rings is 1. The molecule has 4 nitrogen and oxygen atoms in total. The number of benzene rings is 1. The lowest BCUT2D eigenvalue weighted by atomic mass is 10.2. The molecule has 0 unspecified atom stereocenters. The minimum Gasteiger partial charge on any atom is -0.346 e. The minimum atomic E-state index is -0.528. The third-order valence-corrected chi connectivity index (χ3v) is 2.69. The van der Waals surface area contributed by atoms with Gasteiger partial charge in [-0.1, -0.05) is 23.7 Å². The van der Waals surface area contributed by atoms with Gasteiger partial charge in [-0.05, 0) is 17.7 Å². The standard InChI is InChI=1S/C11H11ClN2O2/c12-9-3-1-8(2-4-9)7-14-6-5-13-10(15)11(14)16/h1-4H,5-7H2,(H,13,15). The van der Waals surface area contributed by atoms with E-state index in [9.17, 15) is 9.59 Å². The molecule has 16 heavy (non-hydrogen) atoms. The van der Waals surface area contributed by atoms with Gasteiger partial charge in [-0.3, -0.25) is 9.59 Å². The number of amides is 2. The van der Waals surface area contributed by atoms with Crippen LogP contribution in [0.15, 0.2) is 24.3 Å². The Hall–Kier alpha value is -1.55. The first-order chi connectivity index (χ1) is 7.66. The molecular weight excluding hydrogens is 228 g/mol. The first-order valence-electron chi connectivity index (χ1n) is 4.98. The molecule has 1 saturated heterocycles. The summed E-state index contributed by atoms with van der Waals surface area (Å²) >= 11 is 5.76. The minimum absolute atomic E-state index is 0.448. The molecule has 84 valence electrons. The molecule has 1 aromatic carbocycles. The highest BCUT2D eigenvalue weighted by molar-refractivity contribution is 6.35. The molecule has 0 spiro atoms. The van der Waals surface area contributed by atoms with E-state index in [-0.39, 0.29) is 0 Å². The lowest BCUT2D eigenvalue weighted by molar-refractivity contribution is -0.148. The highest BCUT2D eigenvalue weighted by Crippen LogP contribution is 2.12. The molecule has 0 aliphatic carbocycles. The predicted molar refractivity (Wildman–Crippen MR) is 59.9 cm³/mol. The summed E-state index contributed by atoms with van der Waals surface area (Å²) in [6.07, 6.45) is 0. The van der Waals surface area contributed by atoms with E-state index in [1.807, 2.05) is 12.1 Å². The fourth-order valence-corrected chi connectivity index (χ4v) is 1.71. The number of rotatable bonds is 2. The Morgan fingerprint density at radius 3 is 2.62 bits per heavy atom. The molecule has 1 heterocycles. The molecule has 1 aliphatic heterocycles. The van der Waals surface area contributed by atoms with Crippen molar-refractivity contribution in [3.05, 3.63) is 34.9 Å². The second-order valence-corrected chi connectivity index (χ2v) is 4.05. The molecule has 0 saturated carbocycles. The van der Waals surface area contributed by atoms with Crippen molar-refractivity contribution in [3.63, 3.8) is 0 Å². The molecule has 1 N–H and O–H groups in total. The molecule has 1 aromatic rings. The van der Waals surface area contributed by atoms with Gasteiger partial charge in [0, 0.05) is 24.7 Å². The van der Waals surface area contributed by atoms with Gasteiger partial charge in [0.2, 0.25) is 0 Å². The van der Waals surface area contributed by atoms with E-state index in [2.05, 4.69) is 5.32 Å². The summed E-state index contributed by atoms with van der Waals surface area (Å²) in [5, 5.41) is 3.16. The third kappa shape index (κ3) is 2.33. The number of nitrogens with one attached hydrogen (secondary N) is 1. The Labute approximate surface area is 98.2 Å². The lowest BCUT2D eigenvalue weighted by Crippen LogP contribution is -2.51. The van der Waals surface area contributed by atoms with Gasteiger partial charge < -0.3 is 10.2 Å². The lowest BCUT2D eigenvalue weighted by Gasteiger charge is -2.26. The van der Waals surface area contributed by atoms with Crippen LogP contribution < -0.4 is 5.32 Å². The van der Waals surface area contributed by atoms with Crippen molar-refractivity contribution in [3.8, 4) is 0 Å². The van der Waals surface area contributed by atoms with E-state index in [1.165, 1.54) is 4.90 Å². The fourth-order valence-electron chi connectivity index (χ4n) is 1.59. The van der Waals surface area contributed by atoms with Crippen LogP contribution in [0, 0.1) is 0 Å². The summed E-state index contributed by atoms with van der Waals surface area (Å²) in [6.45, 7) is 1.51. The first-order valence-corrected chi connectivity index (χ1v) is 5.36. The van der Waals surface area contributed by atoms with Crippen LogP contribution >= 0.6 is 11.6 Å². The zero-order valence-electron chi connectivity index (χ0n) is 8.57. The second kappa shape index (κ2) is 4.53. The van der Waals surface area contributed by atoms with E-state index >= 15 is 0 Å². The van der Waals surface area contributed by atoms with Gasteiger partial charge in [-0.15, -0.1) is 0 Å². The Balaban J connectivity index is 2.06. The van der Waals surface area contributed by atoms with Crippen LogP contribution in [0.25, 0.3) is 0 Å². The van der Waals surface area contributed by atoms with Gasteiger partial charge in [-0.25, -0.2) is 0 Å². The average molecular weight is 239 g/mol. The van der Waals surface area contributed by atoms with Crippen LogP contribution in [0.4, 0.5) is 0 Å². The summed E-state index contributed by atoms with van der Waals surface area (Å²) in [5.41, 5.74) is 0.965. The van der Waals surface area contributed by atoms with Crippen molar-refractivity contribution in [2.24, 2.45) is 0 Å². The molecular formula is C11H11ClN2O2. The van der Waals surface area contributed by atoms with Gasteiger partial charge in [0.25, 0.3) is 0 Å². The van der Waals surface area contributed by atoms with Crippen molar-refractivity contribution >= 4 is 23.4 Å². The van der Waals surface area contributed by atoms with Gasteiger partial charge in [0.05, 0.1) is 0 Å². The molecule has 2 amide bonds. The average Bonchev–Trinajstić information content (AvgIpc) is 2.28. The smallest absolute Gasteiger partial charge is 0.312 e. The van der Waals surface area contributed by atoms with Crippen molar-refractivity contribution < 1.29 is 9.59 Å². The highest BCUT2D eigenvalue weighted by Gasteiger charge is 2.25. The molecule has 0 radical (unpaired) electrons. The van der Waals surface area contributed by atoms with Crippen molar-refractivity contribution in [1.29, 1.82) is 0 Å². The zero-order valence-corrected chi connectivity index (χ0v) is 9.33. The van der Waals surface area contributed by atoms with Gasteiger partial charge in [-0.2, -0.15) is 0 Å². The first kappa shape index (κ1) is 11.0. The quantitative estimate of drug-likeness (QED) is 0.775. The van der Waals surface area contributed by atoms with Gasteiger partial charge >= 0.3 is 11.8 Å². The Morgan fingerprint density at radius 1 is 1.25 bits per heavy atom. The monoisotopic (exact) mass is 238 g/mol. The third-order valence-electron chi connectivity index (χ3n) is 2.44. The van der Waals surface area contributed by atoms with Crippen molar-refractivity contribution in [1.82, 2.24) is 10.2 Å². The molecule has 2 rings (SSSR count). The summed E-state index contributed by atoms with van der Waals surface area (Å²) in [7, 11) is 0. The summed E-state index contributed by atoms with van der Waals surface area (Å²) in [6, 6.07) is 7.24. The predicted octanol–water partition coefficient (Wildman–Crippen LogP) is 0.798. The molecule has 5 heteroatoms. The van der Waals surface area contributed by atoms with E-state index in [0.29, 0.717) is 24.7 Å². The SMILES string of the molecule is O=C1NCCN(Cc2ccc(Cl)cc2)C1=O. The van der Waals surface area contributed by atoms with Gasteiger partial charge in [0.1, 0.15) is 0 Å². The number of carbonyl (C=O) groups excluding carboxylic acids is 2. The van der Waals surface area contributed by atoms with Crippen LogP contribution in [-0.2, 0) is 16.1 Å². The highest BCUT2D eigenvalue weighted by atomic mass is 35.5. The zero-order chi connectivity index (χ0) is 11.5. The van der Waals surface area contributed by atoms with Crippen molar-refractivity contribution in [2.45, 2.75) is 6.54 Å². The largest absolute Gasteiger partial charge is 0.346 e. The normalized spacial score (nSPS) is 16.2. The van der Waals surface area contributed by atoms with Gasteiger partial charge in [0.15, 0.2) is 0 Å². The van der Waals surface area contributed by atoms with E-state index < -0.39 is 11.8 Å². The van der Waals surface area contributed by atoms with Crippen LogP contribution in [0.3, 0.4) is 0 Å². The fraction of sp³-hybridized carbons (Fsp3) is 0.273.